The number of nitrogens with one attached hydrogen (secondary N) is 1. The highest BCUT2D eigenvalue weighted by molar-refractivity contribution is 5.72. The molecule has 5 heteroatoms. The molecule has 0 spiro atoms. The summed E-state index contributed by atoms with van der Waals surface area (Å²) in [7, 11) is 0. The summed E-state index contributed by atoms with van der Waals surface area (Å²) in [4.78, 5) is 0. The van der Waals surface area contributed by atoms with Gasteiger partial charge in [-0.3, -0.25) is 0 Å². The van der Waals surface area contributed by atoms with Gasteiger partial charge in [0.25, 0.3) is 0 Å². The average molecular weight is 304 g/mol. The number of fused-ring (bicyclic) bond motifs is 1. The quantitative estimate of drug-likeness (QED) is 0.788. The van der Waals surface area contributed by atoms with Crippen molar-refractivity contribution in [2.24, 2.45) is 0 Å². The van der Waals surface area contributed by atoms with E-state index in [9.17, 15) is 4.39 Å². The average Bonchev–Trinajstić information content (AvgIpc) is 3.17. The summed E-state index contributed by atoms with van der Waals surface area (Å²) in [6.45, 7) is 0.839. The molecule has 0 bridgehead atoms. The summed E-state index contributed by atoms with van der Waals surface area (Å²) in [6.07, 6.45) is 0.859. The lowest BCUT2D eigenvalue weighted by Crippen LogP contribution is -2.04. The van der Waals surface area contributed by atoms with Gasteiger partial charge in [-0.1, -0.05) is 12.1 Å². The van der Waals surface area contributed by atoms with Crippen molar-refractivity contribution in [3.63, 3.8) is 0 Å². The molecule has 112 valence electrons. The number of nitriles is 1. The van der Waals surface area contributed by atoms with Crippen molar-refractivity contribution in [1.29, 1.82) is 5.26 Å². The molecule has 0 saturated heterocycles. The molecule has 1 N–H and O–H groups in total. The van der Waals surface area contributed by atoms with Gasteiger partial charge in [-0.2, -0.15) is 10.4 Å². The second-order valence-electron chi connectivity index (χ2n) is 5.43. The first-order valence-corrected chi connectivity index (χ1v) is 7.38. The van der Waals surface area contributed by atoms with Gasteiger partial charge in [0.1, 0.15) is 11.6 Å². The van der Waals surface area contributed by atoms with Crippen LogP contribution in [0.4, 0.5) is 10.2 Å². The third kappa shape index (κ3) is 2.25. The molecule has 23 heavy (non-hydrogen) atoms. The van der Waals surface area contributed by atoms with Gasteiger partial charge in [0, 0.05) is 17.7 Å². The Morgan fingerprint density at radius 2 is 2.00 bits per heavy atom. The van der Waals surface area contributed by atoms with Crippen LogP contribution in [-0.2, 0) is 6.42 Å². The Balaban J connectivity index is 1.86. The molecule has 3 aromatic rings. The van der Waals surface area contributed by atoms with Crippen LogP contribution >= 0.6 is 0 Å². The van der Waals surface area contributed by atoms with Crippen LogP contribution in [0.3, 0.4) is 0 Å². The van der Waals surface area contributed by atoms with E-state index in [-0.39, 0.29) is 5.82 Å². The predicted octanol–water partition coefficient (Wildman–Crippen LogP) is 3.52. The minimum Gasteiger partial charge on any atom is -0.369 e. The summed E-state index contributed by atoms with van der Waals surface area (Å²) in [5.41, 5.74) is 4.15. The minimum absolute atomic E-state index is 0.268. The maximum absolute atomic E-state index is 13.5. The fourth-order valence-electron chi connectivity index (χ4n) is 2.91. The predicted molar refractivity (Wildman–Crippen MR) is 85.9 cm³/mol. The second-order valence-corrected chi connectivity index (χ2v) is 5.43. The first-order valence-electron chi connectivity index (χ1n) is 7.38. The normalized spacial score (nSPS) is 12.5. The Kier molecular flexibility index (Phi) is 3.09. The first kappa shape index (κ1) is 13.5. The molecule has 0 amide bonds. The Bertz CT molecular complexity index is 919. The maximum Gasteiger partial charge on any atom is 0.133 e. The van der Waals surface area contributed by atoms with Crippen molar-refractivity contribution in [3.8, 4) is 23.0 Å². The monoisotopic (exact) mass is 304 g/mol. The van der Waals surface area contributed by atoms with Crippen LogP contribution in [0.25, 0.3) is 16.9 Å². The van der Waals surface area contributed by atoms with Crippen LogP contribution in [0, 0.1) is 17.1 Å². The van der Waals surface area contributed by atoms with Crippen molar-refractivity contribution < 1.29 is 4.39 Å². The lowest BCUT2D eigenvalue weighted by atomic mass is 10.1. The van der Waals surface area contributed by atoms with Crippen molar-refractivity contribution in [1.82, 2.24) is 9.78 Å². The smallest absolute Gasteiger partial charge is 0.133 e. The third-order valence-electron chi connectivity index (χ3n) is 3.99. The number of benzene rings is 2. The van der Waals surface area contributed by atoms with Gasteiger partial charge >= 0.3 is 0 Å². The van der Waals surface area contributed by atoms with Gasteiger partial charge in [-0.15, -0.1) is 0 Å². The summed E-state index contributed by atoms with van der Waals surface area (Å²) in [5, 5.41) is 16.9. The molecule has 2 aromatic carbocycles. The van der Waals surface area contributed by atoms with Crippen LogP contribution in [0.2, 0.25) is 0 Å². The number of hydrogen-bond donors (Lipinski definition) is 1. The van der Waals surface area contributed by atoms with E-state index in [1.54, 1.807) is 18.2 Å². The number of halogens is 1. The van der Waals surface area contributed by atoms with Gasteiger partial charge in [0.05, 0.1) is 23.0 Å². The Morgan fingerprint density at radius 1 is 1.17 bits per heavy atom. The van der Waals surface area contributed by atoms with Gasteiger partial charge in [-0.25, -0.2) is 9.07 Å². The van der Waals surface area contributed by atoms with E-state index in [1.165, 1.54) is 12.1 Å². The lowest BCUT2D eigenvalue weighted by molar-refractivity contribution is 0.628. The van der Waals surface area contributed by atoms with Crippen molar-refractivity contribution >= 4 is 5.82 Å². The fourth-order valence-corrected chi connectivity index (χ4v) is 2.91. The molecule has 1 aliphatic heterocycles. The lowest BCUT2D eigenvalue weighted by Gasteiger charge is -2.06. The Hall–Kier alpha value is -3.13. The van der Waals surface area contributed by atoms with Gasteiger partial charge in [0.15, 0.2) is 0 Å². The molecule has 1 aliphatic rings. The van der Waals surface area contributed by atoms with Crippen molar-refractivity contribution in [2.75, 3.05) is 11.9 Å². The zero-order valence-electron chi connectivity index (χ0n) is 12.3. The van der Waals surface area contributed by atoms with E-state index in [2.05, 4.69) is 16.5 Å². The second kappa shape index (κ2) is 5.25. The molecule has 4 rings (SSSR count). The van der Waals surface area contributed by atoms with E-state index in [0.29, 0.717) is 5.56 Å². The molecule has 0 atom stereocenters. The van der Waals surface area contributed by atoms with E-state index in [4.69, 9.17) is 5.26 Å². The fraction of sp³-hybridized carbons (Fsp3) is 0.111. The molecule has 0 radical (unpaired) electrons. The summed E-state index contributed by atoms with van der Waals surface area (Å²) < 4.78 is 15.4. The van der Waals surface area contributed by atoms with E-state index in [0.717, 1.165) is 41.3 Å². The van der Waals surface area contributed by atoms with Crippen LogP contribution < -0.4 is 5.32 Å². The summed E-state index contributed by atoms with van der Waals surface area (Å²) in [5.74, 6) is 0.670. The highest BCUT2D eigenvalue weighted by Crippen LogP contribution is 2.34. The third-order valence-corrected chi connectivity index (χ3v) is 3.99. The van der Waals surface area contributed by atoms with E-state index >= 15 is 0 Å². The number of anilines is 1. The van der Waals surface area contributed by atoms with Crippen LogP contribution in [-0.4, -0.2) is 16.3 Å². The highest BCUT2D eigenvalue weighted by Gasteiger charge is 2.24. The molecule has 0 fully saturated rings. The molecule has 4 nitrogen and oxygen atoms in total. The SMILES string of the molecule is N#Cc1ccc(-n2nc(-c3cccc(F)c3)c3c2NCC3)cc1. The zero-order chi connectivity index (χ0) is 15.8. The maximum atomic E-state index is 13.5. The highest BCUT2D eigenvalue weighted by atomic mass is 19.1. The molecule has 0 unspecified atom stereocenters. The van der Waals surface area contributed by atoms with Gasteiger partial charge in [-0.05, 0) is 42.8 Å². The van der Waals surface area contributed by atoms with E-state index < -0.39 is 0 Å². The van der Waals surface area contributed by atoms with E-state index in [1.807, 2.05) is 22.9 Å². The Morgan fingerprint density at radius 3 is 2.74 bits per heavy atom. The summed E-state index contributed by atoms with van der Waals surface area (Å²) >= 11 is 0. The Labute approximate surface area is 132 Å². The van der Waals surface area contributed by atoms with Crippen LogP contribution in [0.1, 0.15) is 11.1 Å². The van der Waals surface area contributed by atoms with Crippen LogP contribution in [0.5, 0.6) is 0 Å². The zero-order valence-corrected chi connectivity index (χ0v) is 12.3. The number of hydrogen-bond acceptors (Lipinski definition) is 3. The van der Waals surface area contributed by atoms with Gasteiger partial charge in [0.2, 0.25) is 0 Å². The first-order chi connectivity index (χ1) is 11.3. The standard InChI is InChI=1S/C18H13FN4/c19-14-3-1-2-13(10-14)17-16-8-9-21-18(16)23(22-17)15-6-4-12(11-20)5-7-15/h1-7,10,21H,8-9H2. The molecule has 0 saturated carbocycles. The topological polar surface area (TPSA) is 53.6 Å². The van der Waals surface area contributed by atoms with Gasteiger partial charge < -0.3 is 5.32 Å². The number of aromatic nitrogens is 2. The minimum atomic E-state index is -0.268. The molecule has 1 aromatic heterocycles. The van der Waals surface area contributed by atoms with Crippen LogP contribution in [0.15, 0.2) is 48.5 Å². The van der Waals surface area contributed by atoms with Crippen molar-refractivity contribution in [2.45, 2.75) is 6.42 Å². The molecular weight excluding hydrogens is 291 g/mol. The largest absolute Gasteiger partial charge is 0.369 e. The summed E-state index contributed by atoms with van der Waals surface area (Å²) in [6, 6.07) is 15.9. The molecular formula is C18H13FN4. The molecule has 0 aliphatic carbocycles. The van der Waals surface area contributed by atoms with Crippen molar-refractivity contribution in [3.05, 3.63) is 65.5 Å². The molecule has 2 heterocycles. The number of nitrogens with zero attached hydrogens (tertiary/aromatic N) is 3. The number of rotatable bonds is 2.